The fourth-order valence-electron chi connectivity index (χ4n) is 2.11. The van der Waals surface area contributed by atoms with E-state index >= 15 is 0 Å². The standard InChI is InChI=1S/C17H12ClNO3/c18-13-3-1-2-11(8-13)4-6-15(20)12-5-7-16-14(9-12)19-17(21)10-22-16/h1-9H,10H2,(H,19,21)/b6-4+. The van der Waals surface area contributed by atoms with Crippen LogP contribution in [-0.4, -0.2) is 18.3 Å². The van der Waals surface area contributed by atoms with Crippen LogP contribution in [0.3, 0.4) is 0 Å². The van der Waals surface area contributed by atoms with Crippen molar-refractivity contribution in [2.45, 2.75) is 0 Å². The molecule has 0 fully saturated rings. The van der Waals surface area contributed by atoms with E-state index < -0.39 is 0 Å². The van der Waals surface area contributed by atoms with Crippen molar-refractivity contribution in [1.82, 2.24) is 0 Å². The lowest BCUT2D eigenvalue weighted by Gasteiger charge is -2.17. The largest absolute Gasteiger partial charge is 0.482 e. The lowest BCUT2D eigenvalue weighted by Crippen LogP contribution is -2.25. The van der Waals surface area contributed by atoms with E-state index in [-0.39, 0.29) is 18.3 Å². The molecule has 5 heteroatoms. The Morgan fingerprint density at radius 3 is 2.91 bits per heavy atom. The van der Waals surface area contributed by atoms with Gasteiger partial charge in [-0.2, -0.15) is 0 Å². The molecule has 0 bridgehead atoms. The number of carbonyl (C=O) groups is 2. The van der Waals surface area contributed by atoms with Gasteiger partial charge in [0.25, 0.3) is 5.91 Å². The molecule has 1 N–H and O–H groups in total. The predicted octanol–water partition coefficient (Wildman–Crippen LogP) is 3.57. The van der Waals surface area contributed by atoms with Crippen LogP contribution in [0.4, 0.5) is 5.69 Å². The third-order valence-corrected chi connectivity index (χ3v) is 3.41. The molecular weight excluding hydrogens is 302 g/mol. The molecule has 0 unspecified atom stereocenters. The average molecular weight is 314 g/mol. The highest BCUT2D eigenvalue weighted by Crippen LogP contribution is 2.28. The molecule has 1 heterocycles. The van der Waals surface area contributed by atoms with Crippen molar-refractivity contribution in [2.75, 3.05) is 11.9 Å². The molecule has 0 aliphatic carbocycles. The Morgan fingerprint density at radius 1 is 1.23 bits per heavy atom. The van der Waals surface area contributed by atoms with Crippen molar-refractivity contribution in [2.24, 2.45) is 0 Å². The number of amides is 1. The number of hydrogen-bond acceptors (Lipinski definition) is 3. The topological polar surface area (TPSA) is 55.4 Å². The predicted molar refractivity (Wildman–Crippen MR) is 85.4 cm³/mol. The van der Waals surface area contributed by atoms with Crippen molar-refractivity contribution in [3.05, 3.63) is 64.7 Å². The van der Waals surface area contributed by atoms with Crippen molar-refractivity contribution in [3.8, 4) is 5.75 Å². The third kappa shape index (κ3) is 3.18. The zero-order chi connectivity index (χ0) is 15.5. The van der Waals surface area contributed by atoms with Gasteiger partial charge in [0.15, 0.2) is 12.4 Å². The van der Waals surface area contributed by atoms with Gasteiger partial charge in [0.05, 0.1) is 5.69 Å². The average Bonchev–Trinajstić information content (AvgIpc) is 2.52. The number of benzene rings is 2. The van der Waals surface area contributed by atoms with E-state index in [1.54, 1.807) is 36.4 Å². The number of allylic oxidation sites excluding steroid dienone is 1. The summed E-state index contributed by atoms with van der Waals surface area (Å²) in [5, 5.41) is 3.29. The number of hydrogen-bond donors (Lipinski definition) is 1. The number of rotatable bonds is 3. The smallest absolute Gasteiger partial charge is 0.262 e. The number of fused-ring (bicyclic) bond motifs is 1. The SMILES string of the molecule is O=C1COc2ccc(C(=O)/C=C/c3cccc(Cl)c3)cc2N1. The first-order chi connectivity index (χ1) is 10.6. The summed E-state index contributed by atoms with van der Waals surface area (Å²) in [6, 6.07) is 12.2. The quantitative estimate of drug-likeness (QED) is 0.696. The molecule has 1 aliphatic heterocycles. The molecule has 1 aliphatic rings. The lowest BCUT2D eigenvalue weighted by atomic mass is 10.1. The lowest BCUT2D eigenvalue weighted by molar-refractivity contribution is -0.118. The molecule has 110 valence electrons. The van der Waals surface area contributed by atoms with Crippen molar-refractivity contribution in [1.29, 1.82) is 0 Å². The number of ketones is 1. The maximum atomic E-state index is 12.2. The molecule has 2 aromatic carbocycles. The summed E-state index contributed by atoms with van der Waals surface area (Å²) < 4.78 is 5.26. The molecule has 0 aromatic heterocycles. The van der Waals surface area contributed by atoms with Gasteiger partial charge in [0.2, 0.25) is 0 Å². The van der Waals surface area contributed by atoms with E-state index in [9.17, 15) is 9.59 Å². The summed E-state index contributed by atoms with van der Waals surface area (Å²) in [4.78, 5) is 23.5. The van der Waals surface area contributed by atoms with E-state index in [0.29, 0.717) is 22.0 Å². The Morgan fingerprint density at radius 2 is 2.09 bits per heavy atom. The summed E-state index contributed by atoms with van der Waals surface area (Å²) in [6.45, 7) is -0.00500. The van der Waals surface area contributed by atoms with Gasteiger partial charge in [0.1, 0.15) is 5.75 Å². The van der Waals surface area contributed by atoms with Gasteiger partial charge in [-0.05, 0) is 42.0 Å². The number of anilines is 1. The van der Waals surface area contributed by atoms with Gasteiger partial charge in [-0.1, -0.05) is 29.8 Å². The molecule has 2 aromatic rings. The number of ether oxygens (including phenoxy) is 1. The maximum absolute atomic E-state index is 12.2. The second-order valence-electron chi connectivity index (χ2n) is 4.80. The van der Waals surface area contributed by atoms with Crippen LogP contribution in [0.5, 0.6) is 5.75 Å². The monoisotopic (exact) mass is 313 g/mol. The highest BCUT2D eigenvalue weighted by Gasteiger charge is 2.17. The fraction of sp³-hybridized carbons (Fsp3) is 0.0588. The van der Waals surface area contributed by atoms with Gasteiger partial charge in [0, 0.05) is 10.6 Å². The van der Waals surface area contributed by atoms with E-state index in [0.717, 1.165) is 5.56 Å². The summed E-state index contributed by atoms with van der Waals surface area (Å²) in [5.74, 6) is 0.170. The van der Waals surface area contributed by atoms with Crippen LogP contribution >= 0.6 is 11.6 Å². The number of halogens is 1. The van der Waals surface area contributed by atoms with Crippen LogP contribution in [-0.2, 0) is 4.79 Å². The van der Waals surface area contributed by atoms with E-state index in [4.69, 9.17) is 16.3 Å². The van der Waals surface area contributed by atoms with Gasteiger partial charge in [-0.3, -0.25) is 9.59 Å². The van der Waals surface area contributed by atoms with Gasteiger partial charge in [-0.15, -0.1) is 0 Å². The molecule has 3 rings (SSSR count). The molecule has 1 amide bonds. The minimum absolute atomic E-state index is 0.00500. The van der Waals surface area contributed by atoms with Crippen LogP contribution in [0.2, 0.25) is 5.02 Å². The second kappa shape index (κ2) is 6.03. The Kier molecular flexibility index (Phi) is 3.94. The Balaban J connectivity index is 1.80. The fourth-order valence-corrected chi connectivity index (χ4v) is 2.31. The zero-order valence-corrected chi connectivity index (χ0v) is 12.3. The van der Waals surface area contributed by atoms with Crippen LogP contribution in [0.15, 0.2) is 48.5 Å². The van der Waals surface area contributed by atoms with E-state index in [1.165, 1.54) is 6.08 Å². The summed E-state index contributed by atoms with van der Waals surface area (Å²) >= 11 is 5.90. The molecule has 0 saturated carbocycles. The first-order valence-electron chi connectivity index (χ1n) is 6.66. The highest BCUT2D eigenvalue weighted by atomic mass is 35.5. The van der Waals surface area contributed by atoms with Gasteiger partial charge < -0.3 is 10.1 Å². The first-order valence-corrected chi connectivity index (χ1v) is 7.04. The molecule has 22 heavy (non-hydrogen) atoms. The summed E-state index contributed by atoms with van der Waals surface area (Å²) in [6.07, 6.45) is 3.17. The van der Waals surface area contributed by atoms with Crippen molar-refractivity contribution >= 4 is 35.1 Å². The molecule has 0 saturated heterocycles. The van der Waals surface area contributed by atoms with Crippen LogP contribution in [0.1, 0.15) is 15.9 Å². The molecular formula is C17H12ClNO3. The minimum Gasteiger partial charge on any atom is -0.482 e. The molecule has 0 radical (unpaired) electrons. The number of carbonyl (C=O) groups excluding carboxylic acids is 2. The van der Waals surface area contributed by atoms with E-state index in [1.807, 2.05) is 12.1 Å². The first kappa shape index (κ1) is 14.4. The molecule has 0 spiro atoms. The van der Waals surface area contributed by atoms with Crippen LogP contribution < -0.4 is 10.1 Å². The normalized spacial score (nSPS) is 13.4. The number of nitrogens with one attached hydrogen (secondary N) is 1. The molecule has 0 atom stereocenters. The Hall–Kier alpha value is -2.59. The minimum atomic E-state index is -0.230. The molecule has 4 nitrogen and oxygen atoms in total. The van der Waals surface area contributed by atoms with Crippen LogP contribution in [0, 0.1) is 0 Å². The summed E-state index contributed by atoms with van der Waals surface area (Å²) in [7, 11) is 0. The second-order valence-corrected chi connectivity index (χ2v) is 5.24. The maximum Gasteiger partial charge on any atom is 0.262 e. The highest BCUT2D eigenvalue weighted by molar-refractivity contribution is 6.30. The van der Waals surface area contributed by atoms with Crippen LogP contribution in [0.25, 0.3) is 6.08 Å². The summed E-state index contributed by atoms with van der Waals surface area (Å²) in [5.41, 5.74) is 1.83. The van der Waals surface area contributed by atoms with Gasteiger partial charge >= 0.3 is 0 Å². The Labute approximate surface area is 132 Å². The third-order valence-electron chi connectivity index (χ3n) is 3.17. The Bertz CT molecular complexity index is 783. The van der Waals surface area contributed by atoms with Gasteiger partial charge in [-0.25, -0.2) is 0 Å². The van der Waals surface area contributed by atoms with Crippen molar-refractivity contribution in [3.63, 3.8) is 0 Å². The zero-order valence-electron chi connectivity index (χ0n) is 11.5. The van der Waals surface area contributed by atoms with Crippen molar-refractivity contribution < 1.29 is 14.3 Å². The van der Waals surface area contributed by atoms with E-state index in [2.05, 4.69) is 5.32 Å².